The normalized spacial score (nSPS) is 11.5. The van der Waals surface area contributed by atoms with E-state index < -0.39 is 29.8 Å². The van der Waals surface area contributed by atoms with E-state index in [1.165, 1.54) is 37.7 Å². The lowest BCUT2D eigenvalue weighted by Gasteiger charge is -2.26. The highest BCUT2D eigenvalue weighted by molar-refractivity contribution is 6.35. The van der Waals surface area contributed by atoms with Crippen LogP contribution in [0.4, 0.5) is 23.9 Å². The lowest BCUT2D eigenvalue weighted by Crippen LogP contribution is -2.37. The van der Waals surface area contributed by atoms with Gasteiger partial charge in [-0.15, -0.1) is 13.2 Å². The van der Waals surface area contributed by atoms with Crippen molar-refractivity contribution < 1.29 is 41.7 Å². The molecule has 9 nitrogen and oxygen atoms in total. The van der Waals surface area contributed by atoms with E-state index in [4.69, 9.17) is 25.8 Å². The molecule has 3 rings (SSSR count). The largest absolute Gasteiger partial charge is 0.573 e. The molecule has 0 atom stereocenters. The molecule has 0 aliphatic rings. The summed E-state index contributed by atoms with van der Waals surface area (Å²) < 4.78 is 58.4. The number of benzene rings is 2. The van der Waals surface area contributed by atoms with Crippen LogP contribution in [0.5, 0.6) is 11.5 Å². The van der Waals surface area contributed by atoms with Crippen LogP contribution in [0.15, 0.2) is 48.8 Å². The highest BCUT2D eigenvalue weighted by atomic mass is 35.5. The van der Waals surface area contributed by atoms with Crippen LogP contribution >= 0.6 is 11.6 Å². The van der Waals surface area contributed by atoms with Crippen molar-refractivity contribution >= 4 is 29.6 Å². The molecule has 0 saturated heterocycles. The molecular weight excluding hydrogens is 579 g/mol. The summed E-state index contributed by atoms with van der Waals surface area (Å²) in [6.07, 6.45) is -1.18. The Morgan fingerprint density at radius 3 is 2.31 bits per heavy atom. The van der Waals surface area contributed by atoms with Crippen molar-refractivity contribution in [2.75, 3.05) is 18.6 Å². The third kappa shape index (κ3) is 9.23. The van der Waals surface area contributed by atoms with Gasteiger partial charge in [0.15, 0.2) is 0 Å². The number of carbonyl (C=O) groups excluding carboxylic acids is 2. The minimum Gasteiger partial charge on any atom is -0.492 e. The Morgan fingerprint density at radius 1 is 1.02 bits per heavy atom. The standard InChI is InChI=1S/C29H31ClF3N3O6/c1-6-7-11-40-23-14-19(13-22(24(23)30)25(37)39-5)20-15-34-26(35-16-20)36(27(38)42-28(2,3)4)17-18-9-8-10-21(12-18)41-29(31,32)33/h8-10,12-16H,6-7,11,17H2,1-5H3. The average molecular weight is 610 g/mol. The number of alkyl halides is 3. The fourth-order valence-electron chi connectivity index (χ4n) is 3.62. The van der Waals surface area contributed by atoms with E-state index in [1.54, 1.807) is 26.8 Å². The number of halogens is 4. The fourth-order valence-corrected chi connectivity index (χ4v) is 3.86. The number of carbonyl (C=O) groups is 2. The molecule has 3 aromatic rings. The Morgan fingerprint density at radius 2 is 1.71 bits per heavy atom. The SMILES string of the molecule is CCCCOc1cc(-c2cnc(N(Cc3cccc(OC(F)(F)F)c3)C(=O)OC(C)(C)C)nc2)cc(C(=O)OC)c1Cl. The molecule has 226 valence electrons. The molecule has 42 heavy (non-hydrogen) atoms. The summed E-state index contributed by atoms with van der Waals surface area (Å²) in [4.78, 5) is 35.2. The molecule has 0 spiro atoms. The van der Waals surface area contributed by atoms with Crippen LogP contribution in [-0.2, 0) is 16.0 Å². The minimum absolute atomic E-state index is 0.0725. The Hall–Kier alpha value is -4.06. The molecule has 1 heterocycles. The molecule has 13 heteroatoms. The molecule has 0 bridgehead atoms. The van der Waals surface area contributed by atoms with Gasteiger partial charge in [0, 0.05) is 18.0 Å². The number of ether oxygens (including phenoxy) is 4. The highest BCUT2D eigenvalue weighted by Crippen LogP contribution is 2.35. The Kier molecular flexibility index (Phi) is 10.6. The Labute approximate surface area is 246 Å². The summed E-state index contributed by atoms with van der Waals surface area (Å²) in [7, 11) is 1.23. The summed E-state index contributed by atoms with van der Waals surface area (Å²) in [5.74, 6) is -0.894. The zero-order valence-corrected chi connectivity index (χ0v) is 24.5. The molecule has 0 saturated carbocycles. The van der Waals surface area contributed by atoms with E-state index in [0.29, 0.717) is 23.3 Å². The first kappa shape index (κ1) is 32.5. The van der Waals surface area contributed by atoms with Crippen molar-refractivity contribution in [1.82, 2.24) is 9.97 Å². The predicted molar refractivity (Wildman–Crippen MR) is 150 cm³/mol. The van der Waals surface area contributed by atoms with Crippen LogP contribution < -0.4 is 14.4 Å². The van der Waals surface area contributed by atoms with Crippen molar-refractivity contribution in [3.05, 3.63) is 64.9 Å². The number of hydrogen-bond acceptors (Lipinski definition) is 8. The second kappa shape index (κ2) is 13.7. The molecule has 1 amide bonds. The van der Waals surface area contributed by atoms with E-state index in [-0.39, 0.29) is 28.8 Å². The number of methoxy groups -OCH3 is 1. The van der Waals surface area contributed by atoms with Gasteiger partial charge in [-0.2, -0.15) is 0 Å². The molecule has 2 aromatic carbocycles. The van der Waals surface area contributed by atoms with Crippen molar-refractivity contribution in [3.63, 3.8) is 0 Å². The fraction of sp³-hybridized carbons (Fsp3) is 0.379. The molecule has 0 unspecified atom stereocenters. The number of esters is 1. The van der Waals surface area contributed by atoms with Crippen LogP contribution in [0.2, 0.25) is 5.02 Å². The lowest BCUT2D eigenvalue weighted by atomic mass is 10.0. The highest BCUT2D eigenvalue weighted by Gasteiger charge is 2.31. The summed E-state index contributed by atoms with van der Waals surface area (Å²) in [6, 6.07) is 8.35. The number of unbranched alkanes of at least 4 members (excludes halogenated alkanes) is 1. The molecule has 0 aliphatic carbocycles. The van der Waals surface area contributed by atoms with E-state index in [2.05, 4.69) is 14.7 Å². The third-order valence-corrected chi connectivity index (χ3v) is 5.89. The second-order valence-corrected chi connectivity index (χ2v) is 10.4. The van der Waals surface area contributed by atoms with Gasteiger partial charge in [-0.1, -0.05) is 37.1 Å². The summed E-state index contributed by atoms with van der Waals surface area (Å²) in [5.41, 5.74) is 0.482. The second-order valence-electron chi connectivity index (χ2n) is 10.1. The van der Waals surface area contributed by atoms with E-state index in [9.17, 15) is 22.8 Å². The Balaban J connectivity index is 1.98. The first-order valence-corrected chi connectivity index (χ1v) is 13.3. The summed E-state index contributed by atoms with van der Waals surface area (Å²) >= 11 is 6.41. The Bertz CT molecular complexity index is 1390. The van der Waals surface area contributed by atoms with Gasteiger partial charge in [-0.3, -0.25) is 0 Å². The molecule has 0 aliphatic heterocycles. The molecule has 0 radical (unpaired) electrons. The predicted octanol–water partition coefficient (Wildman–Crippen LogP) is 7.60. The van der Waals surface area contributed by atoms with Gasteiger partial charge in [0.25, 0.3) is 0 Å². The maximum atomic E-state index is 13.1. The first-order chi connectivity index (χ1) is 19.7. The monoisotopic (exact) mass is 609 g/mol. The van der Waals surface area contributed by atoms with Gasteiger partial charge in [0.05, 0.1) is 30.8 Å². The van der Waals surface area contributed by atoms with Gasteiger partial charge in [-0.05, 0) is 62.6 Å². The molecule has 0 N–H and O–H groups in total. The zero-order valence-electron chi connectivity index (χ0n) is 23.8. The van der Waals surface area contributed by atoms with E-state index in [0.717, 1.165) is 29.9 Å². The van der Waals surface area contributed by atoms with Crippen LogP contribution in [0.1, 0.15) is 56.5 Å². The zero-order chi connectivity index (χ0) is 31.1. The number of rotatable bonds is 10. The topological polar surface area (TPSA) is 100 Å². The third-order valence-electron chi connectivity index (χ3n) is 5.50. The number of anilines is 1. The average Bonchev–Trinajstić information content (AvgIpc) is 2.91. The van der Waals surface area contributed by atoms with E-state index in [1.807, 2.05) is 6.92 Å². The van der Waals surface area contributed by atoms with E-state index >= 15 is 0 Å². The smallest absolute Gasteiger partial charge is 0.492 e. The molecule has 1 aromatic heterocycles. The number of hydrogen-bond donors (Lipinski definition) is 0. The van der Waals surface area contributed by atoms with Crippen molar-refractivity contribution in [2.24, 2.45) is 0 Å². The van der Waals surface area contributed by atoms with Crippen LogP contribution in [0.3, 0.4) is 0 Å². The quantitative estimate of drug-likeness (QED) is 0.171. The summed E-state index contributed by atoms with van der Waals surface area (Å²) in [6.45, 7) is 7.19. The van der Waals surface area contributed by atoms with Crippen molar-refractivity contribution in [1.29, 1.82) is 0 Å². The van der Waals surface area contributed by atoms with Gasteiger partial charge in [0.1, 0.15) is 17.1 Å². The van der Waals surface area contributed by atoms with Crippen LogP contribution in [0.25, 0.3) is 11.1 Å². The molecular formula is C29H31ClF3N3O6. The summed E-state index contributed by atoms with van der Waals surface area (Å²) in [5, 5.41) is 0.104. The maximum absolute atomic E-state index is 13.1. The lowest BCUT2D eigenvalue weighted by molar-refractivity contribution is -0.274. The number of nitrogens with zero attached hydrogens (tertiary/aromatic N) is 3. The van der Waals surface area contributed by atoms with Gasteiger partial charge in [0.2, 0.25) is 5.95 Å². The molecule has 0 fully saturated rings. The van der Waals surface area contributed by atoms with Gasteiger partial charge < -0.3 is 18.9 Å². The first-order valence-electron chi connectivity index (χ1n) is 12.9. The van der Waals surface area contributed by atoms with Crippen LogP contribution in [-0.4, -0.2) is 47.7 Å². The maximum Gasteiger partial charge on any atom is 0.573 e. The number of aromatic nitrogens is 2. The minimum atomic E-state index is -4.88. The van der Waals surface area contributed by atoms with Crippen molar-refractivity contribution in [2.45, 2.75) is 59.0 Å². The van der Waals surface area contributed by atoms with Gasteiger partial charge >= 0.3 is 18.4 Å². The number of amides is 1. The van der Waals surface area contributed by atoms with Gasteiger partial charge in [-0.25, -0.2) is 24.5 Å². The van der Waals surface area contributed by atoms with Crippen LogP contribution in [0, 0.1) is 0 Å². The van der Waals surface area contributed by atoms with Crippen molar-refractivity contribution in [3.8, 4) is 22.6 Å².